The molecule has 5 nitrogen and oxygen atoms in total. The Kier molecular flexibility index (Phi) is 5.95. The number of aryl methyl sites for hydroxylation is 1. The van der Waals surface area contributed by atoms with E-state index in [1.807, 2.05) is 49.4 Å². The van der Waals surface area contributed by atoms with Crippen molar-refractivity contribution in [3.8, 4) is 0 Å². The van der Waals surface area contributed by atoms with Gasteiger partial charge in [-0.25, -0.2) is 9.78 Å². The molecule has 1 heterocycles. The van der Waals surface area contributed by atoms with Gasteiger partial charge in [-0.3, -0.25) is 4.79 Å². The number of hydrogen-bond donors (Lipinski definition) is 1. The Hall–Kier alpha value is -3.38. The van der Waals surface area contributed by atoms with Crippen LogP contribution in [0.2, 0.25) is 0 Å². The minimum absolute atomic E-state index is 0.0944. The third-order valence-electron chi connectivity index (χ3n) is 4.67. The average molecular weight is 417 g/mol. The van der Waals surface area contributed by atoms with Crippen molar-refractivity contribution < 1.29 is 9.53 Å². The van der Waals surface area contributed by atoms with Crippen LogP contribution in [0.5, 0.6) is 0 Å². The molecule has 0 aliphatic carbocycles. The van der Waals surface area contributed by atoms with Crippen molar-refractivity contribution in [2.75, 3.05) is 0 Å². The maximum atomic E-state index is 12.4. The van der Waals surface area contributed by atoms with Gasteiger partial charge in [0.05, 0.1) is 16.5 Å². The van der Waals surface area contributed by atoms with Crippen molar-refractivity contribution in [2.45, 2.75) is 24.2 Å². The molecule has 1 N–H and O–H groups in total. The molecular weight excluding hydrogens is 396 g/mol. The first-order valence-electron chi connectivity index (χ1n) is 9.52. The van der Waals surface area contributed by atoms with Crippen LogP contribution < -0.4 is 5.56 Å². The van der Waals surface area contributed by atoms with E-state index in [1.165, 1.54) is 5.56 Å². The highest BCUT2D eigenvalue weighted by atomic mass is 32.2. The molecule has 150 valence electrons. The summed E-state index contributed by atoms with van der Waals surface area (Å²) in [5.74, 6) is 0.734. The number of aromatic amines is 1. The third kappa shape index (κ3) is 4.60. The molecule has 0 radical (unpaired) electrons. The number of para-hydroxylation sites is 1. The highest BCUT2D eigenvalue weighted by molar-refractivity contribution is 7.98. The van der Waals surface area contributed by atoms with Gasteiger partial charge in [-0.15, -0.1) is 11.8 Å². The summed E-state index contributed by atoms with van der Waals surface area (Å²) in [7, 11) is 0. The topological polar surface area (TPSA) is 72.1 Å². The zero-order valence-electron chi connectivity index (χ0n) is 16.4. The van der Waals surface area contributed by atoms with Crippen LogP contribution >= 0.6 is 11.8 Å². The second-order valence-electron chi connectivity index (χ2n) is 6.86. The summed E-state index contributed by atoms with van der Waals surface area (Å²) < 4.78 is 5.35. The number of ether oxygens (including phenoxy) is 1. The molecule has 0 atom stereocenters. The van der Waals surface area contributed by atoms with Crippen molar-refractivity contribution in [2.24, 2.45) is 0 Å². The van der Waals surface area contributed by atoms with E-state index in [0.717, 1.165) is 16.2 Å². The number of hydrogen-bond acceptors (Lipinski definition) is 5. The minimum atomic E-state index is -0.456. The number of H-pyrrole nitrogens is 1. The summed E-state index contributed by atoms with van der Waals surface area (Å²) in [6.45, 7) is 1.80. The Morgan fingerprint density at radius 2 is 1.77 bits per heavy atom. The molecule has 6 heteroatoms. The molecule has 3 aromatic carbocycles. The third-order valence-corrected chi connectivity index (χ3v) is 5.75. The van der Waals surface area contributed by atoms with Crippen molar-refractivity contribution in [3.05, 3.63) is 106 Å². The van der Waals surface area contributed by atoms with Gasteiger partial charge in [-0.1, -0.05) is 42.5 Å². The van der Waals surface area contributed by atoms with Gasteiger partial charge in [-0.05, 0) is 48.4 Å². The number of nitrogens with one attached hydrogen (secondary N) is 1. The summed E-state index contributed by atoms with van der Waals surface area (Å²) in [6, 6.07) is 23.0. The average Bonchev–Trinajstić information content (AvgIpc) is 2.78. The molecule has 4 rings (SSSR count). The number of aromatic nitrogens is 2. The molecule has 0 aliphatic rings. The number of fused-ring (bicyclic) bond motifs is 1. The maximum absolute atomic E-state index is 12.4. The van der Waals surface area contributed by atoms with Crippen LogP contribution in [0.4, 0.5) is 0 Å². The molecule has 0 bridgehead atoms. The SMILES string of the molecule is Cc1cccc2c(=O)[nH]c(COC(=O)c3ccc(SCc4ccccc4)cc3)nc12. The number of carbonyl (C=O) groups is 1. The molecular formula is C24H20N2O3S. The highest BCUT2D eigenvalue weighted by Gasteiger charge is 2.11. The second kappa shape index (κ2) is 8.97. The van der Waals surface area contributed by atoms with Gasteiger partial charge in [0.1, 0.15) is 12.4 Å². The summed E-state index contributed by atoms with van der Waals surface area (Å²) in [6.07, 6.45) is 0. The Morgan fingerprint density at radius 1 is 1.00 bits per heavy atom. The summed E-state index contributed by atoms with van der Waals surface area (Å²) >= 11 is 1.71. The van der Waals surface area contributed by atoms with E-state index in [-0.39, 0.29) is 12.2 Å². The predicted octanol–water partition coefficient (Wildman–Crippen LogP) is 4.88. The molecule has 0 unspecified atom stereocenters. The lowest BCUT2D eigenvalue weighted by molar-refractivity contribution is 0.0462. The summed E-state index contributed by atoms with van der Waals surface area (Å²) in [5.41, 5.74) is 2.98. The first kappa shape index (κ1) is 19.9. The molecule has 0 saturated heterocycles. The van der Waals surface area contributed by atoms with E-state index < -0.39 is 5.97 Å². The molecule has 0 saturated carbocycles. The van der Waals surface area contributed by atoms with Crippen LogP contribution in [-0.4, -0.2) is 15.9 Å². The lowest BCUT2D eigenvalue weighted by atomic mass is 10.1. The van der Waals surface area contributed by atoms with E-state index in [1.54, 1.807) is 30.0 Å². The lowest BCUT2D eigenvalue weighted by Gasteiger charge is -2.07. The normalized spacial score (nSPS) is 10.8. The highest BCUT2D eigenvalue weighted by Crippen LogP contribution is 2.23. The minimum Gasteiger partial charge on any atom is -0.454 e. The summed E-state index contributed by atoms with van der Waals surface area (Å²) in [4.78, 5) is 32.8. The number of benzene rings is 3. The van der Waals surface area contributed by atoms with Crippen LogP contribution in [0.3, 0.4) is 0 Å². The fourth-order valence-electron chi connectivity index (χ4n) is 3.07. The number of rotatable bonds is 6. The van der Waals surface area contributed by atoms with E-state index in [4.69, 9.17) is 4.74 Å². The molecule has 1 aromatic heterocycles. The Balaban J connectivity index is 1.39. The van der Waals surface area contributed by atoms with Crippen LogP contribution in [0.1, 0.15) is 27.3 Å². The molecule has 30 heavy (non-hydrogen) atoms. The zero-order valence-corrected chi connectivity index (χ0v) is 17.2. The van der Waals surface area contributed by atoms with Crippen molar-refractivity contribution >= 4 is 28.6 Å². The van der Waals surface area contributed by atoms with Crippen LogP contribution in [0.15, 0.2) is 82.5 Å². The number of esters is 1. The quantitative estimate of drug-likeness (QED) is 0.358. The molecule has 0 fully saturated rings. The van der Waals surface area contributed by atoms with Crippen molar-refractivity contribution in [1.29, 1.82) is 0 Å². The van der Waals surface area contributed by atoms with Crippen LogP contribution in [-0.2, 0) is 17.1 Å². The Morgan fingerprint density at radius 3 is 2.53 bits per heavy atom. The van der Waals surface area contributed by atoms with Crippen molar-refractivity contribution in [1.82, 2.24) is 9.97 Å². The van der Waals surface area contributed by atoms with Gasteiger partial charge in [0, 0.05) is 10.6 Å². The molecule has 4 aromatic rings. The Bertz CT molecular complexity index is 1240. The summed E-state index contributed by atoms with van der Waals surface area (Å²) in [5, 5.41) is 0.522. The lowest BCUT2D eigenvalue weighted by Crippen LogP contribution is -2.15. The Labute approximate surface area is 178 Å². The zero-order chi connectivity index (χ0) is 20.9. The first-order valence-corrected chi connectivity index (χ1v) is 10.5. The first-order chi connectivity index (χ1) is 14.6. The predicted molar refractivity (Wildman–Crippen MR) is 119 cm³/mol. The van der Waals surface area contributed by atoms with Gasteiger partial charge in [-0.2, -0.15) is 0 Å². The molecule has 0 aliphatic heterocycles. The maximum Gasteiger partial charge on any atom is 0.338 e. The molecule has 0 amide bonds. The van der Waals surface area contributed by atoms with Gasteiger partial charge >= 0.3 is 5.97 Å². The second-order valence-corrected chi connectivity index (χ2v) is 7.91. The van der Waals surface area contributed by atoms with E-state index in [0.29, 0.717) is 22.3 Å². The molecule has 0 spiro atoms. The van der Waals surface area contributed by atoms with Gasteiger partial charge in [0.15, 0.2) is 0 Å². The van der Waals surface area contributed by atoms with Gasteiger partial charge in [0.25, 0.3) is 5.56 Å². The van der Waals surface area contributed by atoms with Gasteiger partial charge < -0.3 is 9.72 Å². The number of thioether (sulfide) groups is 1. The van der Waals surface area contributed by atoms with Crippen molar-refractivity contribution in [3.63, 3.8) is 0 Å². The number of nitrogens with zero attached hydrogens (tertiary/aromatic N) is 1. The van der Waals surface area contributed by atoms with Crippen LogP contribution in [0.25, 0.3) is 10.9 Å². The monoisotopic (exact) mass is 416 g/mol. The van der Waals surface area contributed by atoms with Crippen LogP contribution in [0, 0.1) is 6.92 Å². The standard InChI is InChI=1S/C24H20N2O3S/c1-16-6-5-9-20-22(16)25-21(26-23(20)27)14-29-24(28)18-10-12-19(13-11-18)30-15-17-7-3-2-4-8-17/h2-13H,14-15H2,1H3,(H,25,26,27). The fourth-order valence-corrected chi connectivity index (χ4v) is 3.92. The van der Waals surface area contributed by atoms with E-state index in [2.05, 4.69) is 22.1 Å². The fraction of sp³-hybridized carbons (Fsp3) is 0.125. The largest absolute Gasteiger partial charge is 0.454 e. The number of carbonyl (C=O) groups excluding carboxylic acids is 1. The smallest absolute Gasteiger partial charge is 0.338 e. The van der Waals surface area contributed by atoms with Gasteiger partial charge in [0.2, 0.25) is 0 Å². The van der Waals surface area contributed by atoms with E-state index >= 15 is 0 Å². The van der Waals surface area contributed by atoms with E-state index in [9.17, 15) is 9.59 Å².